The molecule has 26 heavy (non-hydrogen) atoms. The van der Waals surface area contributed by atoms with Crippen molar-refractivity contribution < 1.29 is 9.59 Å². The van der Waals surface area contributed by atoms with Crippen molar-refractivity contribution in [3.8, 4) is 0 Å². The first-order chi connectivity index (χ1) is 12.6. The molecule has 1 heterocycles. The van der Waals surface area contributed by atoms with Gasteiger partial charge >= 0.3 is 0 Å². The van der Waals surface area contributed by atoms with E-state index in [1.54, 1.807) is 19.1 Å². The van der Waals surface area contributed by atoms with Crippen LogP contribution in [0.4, 0.5) is 0 Å². The number of nitrogens with one attached hydrogen (secondary N) is 3. The Bertz CT molecular complexity index is 776. The second-order valence-corrected chi connectivity index (χ2v) is 5.65. The summed E-state index contributed by atoms with van der Waals surface area (Å²) in [6.07, 6.45) is 9.27. The van der Waals surface area contributed by atoms with E-state index in [2.05, 4.69) is 20.9 Å². The average Bonchev–Trinajstić information content (AvgIpc) is 2.67. The van der Waals surface area contributed by atoms with Gasteiger partial charge in [0.05, 0.1) is 12.2 Å². The number of carbonyl (C=O) groups is 2. The molecule has 0 saturated heterocycles. The van der Waals surface area contributed by atoms with E-state index in [9.17, 15) is 9.59 Å². The van der Waals surface area contributed by atoms with Crippen molar-refractivity contribution in [2.75, 3.05) is 13.1 Å². The Kier molecular flexibility index (Phi) is 7.36. The highest BCUT2D eigenvalue weighted by atomic mass is 16.2. The summed E-state index contributed by atoms with van der Waals surface area (Å²) < 4.78 is 0. The number of amidine groups is 1. The van der Waals surface area contributed by atoms with Crippen LogP contribution in [0, 0.1) is 0 Å². The molecule has 0 radical (unpaired) electrons. The molecule has 0 atom stereocenters. The lowest BCUT2D eigenvalue weighted by atomic mass is 10.0. The van der Waals surface area contributed by atoms with E-state index in [1.807, 2.05) is 42.6 Å². The Morgan fingerprint density at radius 3 is 2.77 bits per heavy atom. The monoisotopic (exact) mass is 352 g/mol. The summed E-state index contributed by atoms with van der Waals surface area (Å²) in [5.74, 6) is 0.565. The van der Waals surface area contributed by atoms with Gasteiger partial charge in [-0.2, -0.15) is 0 Å². The first-order valence-corrected chi connectivity index (χ1v) is 8.51. The maximum absolute atomic E-state index is 12.3. The average molecular weight is 352 g/mol. The third-order valence-electron chi connectivity index (χ3n) is 3.77. The van der Waals surface area contributed by atoms with E-state index in [0.717, 1.165) is 11.4 Å². The Balaban J connectivity index is 1.84. The van der Waals surface area contributed by atoms with Crippen molar-refractivity contribution in [2.45, 2.75) is 20.4 Å². The minimum absolute atomic E-state index is 0.0153. The minimum Gasteiger partial charge on any atom is -0.377 e. The summed E-state index contributed by atoms with van der Waals surface area (Å²) >= 11 is 0. The Hall–Kier alpha value is -3.15. The van der Waals surface area contributed by atoms with Gasteiger partial charge in [0, 0.05) is 24.9 Å². The van der Waals surface area contributed by atoms with Gasteiger partial charge in [-0.3, -0.25) is 14.6 Å². The van der Waals surface area contributed by atoms with Gasteiger partial charge in [0.2, 0.25) is 0 Å². The second kappa shape index (κ2) is 9.98. The van der Waals surface area contributed by atoms with Crippen LogP contribution in [0.1, 0.15) is 29.8 Å². The minimum atomic E-state index is -0.213. The van der Waals surface area contributed by atoms with Crippen LogP contribution in [-0.4, -0.2) is 30.6 Å². The van der Waals surface area contributed by atoms with Crippen LogP contribution in [0.2, 0.25) is 0 Å². The SMILES string of the molecule is C/C=C(/NC/C=C/C1=NCC=CN1)C(=O)NCc1ccccc1C(C)=O. The molecule has 0 unspecified atom stereocenters. The molecule has 136 valence electrons. The largest absolute Gasteiger partial charge is 0.377 e. The molecule has 0 bridgehead atoms. The predicted octanol–water partition coefficient (Wildman–Crippen LogP) is 2.07. The molecule has 1 aliphatic rings. The van der Waals surface area contributed by atoms with Crippen molar-refractivity contribution in [3.05, 3.63) is 71.6 Å². The summed E-state index contributed by atoms with van der Waals surface area (Å²) in [5.41, 5.74) is 1.91. The quantitative estimate of drug-likeness (QED) is 0.494. The van der Waals surface area contributed by atoms with Crippen LogP contribution in [0.25, 0.3) is 0 Å². The van der Waals surface area contributed by atoms with Crippen molar-refractivity contribution in [1.29, 1.82) is 0 Å². The van der Waals surface area contributed by atoms with Gasteiger partial charge in [0.15, 0.2) is 5.78 Å². The first-order valence-electron chi connectivity index (χ1n) is 8.51. The molecule has 6 nitrogen and oxygen atoms in total. The van der Waals surface area contributed by atoms with Gasteiger partial charge < -0.3 is 16.0 Å². The van der Waals surface area contributed by atoms with E-state index in [4.69, 9.17) is 0 Å². The Morgan fingerprint density at radius 2 is 2.08 bits per heavy atom. The smallest absolute Gasteiger partial charge is 0.267 e. The van der Waals surface area contributed by atoms with Gasteiger partial charge in [-0.1, -0.05) is 36.4 Å². The first kappa shape index (κ1) is 19.2. The number of Topliss-reactive ketones (excluding diaryl/α,β-unsaturated/α-hetero) is 1. The topological polar surface area (TPSA) is 82.6 Å². The molecule has 1 aromatic carbocycles. The zero-order valence-electron chi connectivity index (χ0n) is 15.1. The fourth-order valence-electron chi connectivity index (χ4n) is 2.44. The number of amides is 1. The van der Waals surface area contributed by atoms with Gasteiger partial charge in [0.25, 0.3) is 5.91 Å². The van der Waals surface area contributed by atoms with E-state index in [0.29, 0.717) is 30.9 Å². The molecule has 2 rings (SSSR count). The highest BCUT2D eigenvalue weighted by Crippen LogP contribution is 2.09. The second-order valence-electron chi connectivity index (χ2n) is 5.65. The number of benzene rings is 1. The standard InChI is InChI=1S/C20H24N4O2/c1-3-18(21-11-6-10-19-22-12-7-13-23-19)20(26)24-14-16-8-4-5-9-17(16)15(2)25/h3-10,12,21H,11,13-14H2,1-2H3,(H,22,23)(H,24,26)/b10-6+,18-3+. The number of ketones is 1. The van der Waals surface area contributed by atoms with Crippen LogP contribution in [0.5, 0.6) is 0 Å². The van der Waals surface area contributed by atoms with Crippen LogP contribution in [0.15, 0.2) is 65.5 Å². The van der Waals surface area contributed by atoms with E-state index < -0.39 is 0 Å². The summed E-state index contributed by atoms with van der Waals surface area (Å²) in [4.78, 5) is 28.2. The van der Waals surface area contributed by atoms with Gasteiger partial charge in [-0.05, 0) is 31.6 Å². The molecular weight excluding hydrogens is 328 g/mol. The lowest BCUT2D eigenvalue weighted by molar-refractivity contribution is -0.118. The summed E-state index contributed by atoms with van der Waals surface area (Å²) in [6, 6.07) is 7.27. The van der Waals surface area contributed by atoms with Crippen molar-refractivity contribution in [1.82, 2.24) is 16.0 Å². The molecule has 0 aliphatic carbocycles. The molecule has 1 aliphatic heterocycles. The van der Waals surface area contributed by atoms with Crippen molar-refractivity contribution in [2.24, 2.45) is 4.99 Å². The summed E-state index contributed by atoms with van der Waals surface area (Å²) in [6.45, 7) is 4.79. The van der Waals surface area contributed by atoms with Crippen LogP contribution in [-0.2, 0) is 11.3 Å². The maximum atomic E-state index is 12.3. The number of nitrogens with zero attached hydrogens (tertiary/aromatic N) is 1. The fraction of sp³-hybridized carbons (Fsp3) is 0.250. The molecule has 1 aromatic rings. The normalized spacial score (nSPS) is 13.9. The Morgan fingerprint density at radius 1 is 1.27 bits per heavy atom. The van der Waals surface area contributed by atoms with Crippen LogP contribution >= 0.6 is 0 Å². The Labute approximate surface area is 153 Å². The lowest BCUT2D eigenvalue weighted by Crippen LogP contribution is -2.32. The molecule has 0 saturated carbocycles. The fourth-order valence-corrected chi connectivity index (χ4v) is 2.44. The molecular formula is C20H24N4O2. The van der Waals surface area contributed by atoms with E-state index in [1.165, 1.54) is 6.92 Å². The van der Waals surface area contributed by atoms with Crippen molar-refractivity contribution >= 4 is 17.5 Å². The van der Waals surface area contributed by atoms with E-state index >= 15 is 0 Å². The van der Waals surface area contributed by atoms with Crippen LogP contribution < -0.4 is 16.0 Å². The number of allylic oxidation sites excluding steroid dienone is 1. The number of hydrogen-bond acceptors (Lipinski definition) is 5. The highest BCUT2D eigenvalue weighted by molar-refractivity contribution is 5.96. The zero-order valence-corrected chi connectivity index (χ0v) is 15.1. The third kappa shape index (κ3) is 5.73. The van der Waals surface area contributed by atoms with Gasteiger partial charge in [0.1, 0.15) is 5.84 Å². The maximum Gasteiger partial charge on any atom is 0.267 e. The third-order valence-corrected chi connectivity index (χ3v) is 3.77. The molecule has 0 fully saturated rings. The van der Waals surface area contributed by atoms with Gasteiger partial charge in [-0.15, -0.1) is 0 Å². The predicted molar refractivity (Wildman–Crippen MR) is 104 cm³/mol. The van der Waals surface area contributed by atoms with E-state index in [-0.39, 0.29) is 11.7 Å². The van der Waals surface area contributed by atoms with Gasteiger partial charge in [-0.25, -0.2) is 0 Å². The van der Waals surface area contributed by atoms with Crippen molar-refractivity contribution in [3.63, 3.8) is 0 Å². The molecule has 0 spiro atoms. The molecule has 1 amide bonds. The zero-order chi connectivity index (χ0) is 18.8. The number of hydrogen-bond donors (Lipinski definition) is 3. The molecule has 3 N–H and O–H groups in total. The number of aliphatic imine (C=N–C) groups is 1. The highest BCUT2D eigenvalue weighted by Gasteiger charge is 2.10. The molecule has 0 aromatic heterocycles. The molecule has 6 heteroatoms. The summed E-state index contributed by atoms with van der Waals surface area (Å²) in [5, 5.41) is 8.95. The summed E-state index contributed by atoms with van der Waals surface area (Å²) in [7, 11) is 0. The number of rotatable bonds is 8. The lowest BCUT2D eigenvalue weighted by Gasteiger charge is -2.12. The number of carbonyl (C=O) groups excluding carboxylic acids is 2. The van der Waals surface area contributed by atoms with Crippen LogP contribution in [0.3, 0.4) is 0 Å².